The molecule has 0 saturated heterocycles. The number of hydrogen-bond donors (Lipinski definition) is 1. The van der Waals surface area contributed by atoms with Crippen LogP contribution in [0.15, 0.2) is 48.8 Å². The minimum absolute atomic E-state index is 0.0845. The van der Waals surface area contributed by atoms with E-state index in [1.165, 1.54) is 19.1 Å². The van der Waals surface area contributed by atoms with Crippen LogP contribution in [0, 0.1) is 5.21 Å². The van der Waals surface area contributed by atoms with Crippen molar-refractivity contribution in [3.63, 3.8) is 0 Å². The Hall–Kier alpha value is -3.10. The van der Waals surface area contributed by atoms with Crippen molar-refractivity contribution in [1.82, 2.24) is 0 Å². The molecular weight excluding hydrogens is 341 g/mol. The fraction of sp³-hybridized carbons (Fsp3) is 0.188. The number of nitrogens with one attached hydrogen (secondary N) is 1. The molecule has 0 bridgehead atoms. The van der Waals surface area contributed by atoms with Crippen molar-refractivity contribution in [3.05, 3.63) is 65.1 Å². The van der Waals surface area contributed by atoms with Crippen molar-refractivity contribution in [2.24, 2.45) is 0 Å². The maximum absolute atomic E-state index is 12.5. The maximum Gasteiger partial charge on any atom is 0.416 e. The largest absolute Gasteiger partial charge is 0.619 e. The number of ether oxygens (including phenoxy) is 1. The first-order chi connectivity index (χ1) is 11.7. The number of esters is 1. The van der Waals surface area contributed by atoms with E-state index in [9.17, 15) is 28.0 Å². The van der Waals surface area contributed by atoms with Crippen LogP contribution in [0.2, 0.25) is 0 Å². The van der Waals surface area contributed by atoms with Crippen molar-refractivity contribution < 1.29 is 32.2 Å². The smallest absolute Gasteiger partial charge is 0.416 e. The highest BCUT2D eigenvalue weighted by atomic mass is 19.4. The lowest BCUT2D eigenvalue weighted by Crippen LogP contribution is -2.30. The molecule has 25 heavy (non-hydrogen) atoms. The zero-order valence-electron chi connectivity index (χ0n) is 12.9. The molecule has 1 heterocycles. The first-order valence-electron chi connectivity index (χ1n) is 7.05. The molecule has 0 unspecified atom stereocenters. The van der Waals surface area contributed by atoms with Gasteiger partial charge in [-0.3, -0.25) is 4.79 Å². The van der Waals surface area contributed by atoms with Crippen LogP contribution in [-0.4, -0.2) is 18.0 Å². The molecule has 0 aliphatic carbocycles. The Morgan fingerprint density at radius 3 is 2.20 bits per heavy atom. The fourth-order valence-electron chi connectivity index (χ4n) is 1.82. The Balaban J connectivity index is 1.95. The standard InChI is InChI=1S/C16H13F3N2O4/c1-10(25-15(23)11-6-8-21(24)9-7-11)14(22)20-13-4-2-12(3-5-13)16(17,18)19/h2-10H,1H3,(H,20,22)/t10-/m0/s1. The van der Waals surface area contributed by atoms with Crippen LogP contribution in [0.4, 0.5) is 18.9 Å². The van der Waals surface area contributed by atoms with Crippen LogP contribution in [0.5, 0.6) is 0 Å². The number of carbonyl (C=O) groups excluding carboxylic acids is 2. The number of amides is 1. The predicted molar refractivity (Wildman–Crippen MR) is 80.4 cm³/mol. The van der Waals surface area contributed by atoms with Gasteiger partial charge in [0.2, 0.25) is 0 Å². The van der Waals surface area contributed by atoms with Crippen molar-refractivity contribution in [2.45, 2.75) is 19.2 Å². The van der Waals surface area contributed by atoms with E-state index in [0.717, 1.165) is 36.7 Å². The second kappa shape index (κ2) is 7.20. The van der Waals surface area contributed by atoms with Gasteiger partial charge in [0.15, 0.2) is 18.5 Å². The van der Waals surface area contributed by atoms with Gasteiger partial charge in [0.1, 0.15) is 0 Å². The highest BCUT2D eigenvalue weighted by Gasteiger charge is 2.30. The number of halogens is 3. The van der Waals surface area contributed by atoms with E-state index in [0.29, 0.717) is 4.73 Å². The lowest BCUT2D eigenvalue weighted by Gasteiger charge is -2.14. The zero-order chi connectivity index (χ0) is 18.6. The van der Waals surface area contributed by atoms with Gasteiger partial charge in [0.05, 0.1) is 11.1 Å². The first kappa shape index (κ1) is 18.2. The fourth-order valence-corrected chi connectivity index (χ4v) is 1.82. The highest BCUT2D eigenvalue weighted by molar-refractivity contribution is 5.97. The van der Waals surface area contributed by atoms with Gasteiger partial charge < -0.3 is 15.3 Å². The van der Waals surface area contributed by atoms with E-state index in [1.807, 2.05) is 0 Å². The average Bonchev–Trinajstić information content (AvgIpc) is 2.55. The van der Waals surface area contributed by atoms with E-state index in [2.05, 4.69) is 5.32 Å². The molecule has 6 nitrogen and oxygen atoms in total. The van der Waals surface area contributed by atoms with Crippen molar-refractivity contribution in [3.8, 4) is 0 Å². The molecule has 2 rings (SSSR count). The summed E-state index contributed by atoms with van der Waals surface area (Å²) in [6, 6.07) is 6.31. The molecule has 0 fully saturated rings. The minimum atomic E-state index is -4.47. The third kappa shape index (κ3) is 4.93. The molecular formula is C16H13F3N2O4. The number of carbonyl (C=O) groups is 2. The predicted octanol–water partition coefficient (Wildman–Crippen LogP) is 2.52. The van der Waals surface area contributed by atoms with Crippen LogP contribution < -0.4 is 10.0 Å². The van der Waals surface area contributed by atoms with Crippen molar-refractivity contribution in [2.75, 3.05) is 5.32 Å². The van der Waals surface area contributed by atoms with Gasteiger partial charge in [-0.25, -0.2) is 4.79 Å². The van der Waals surface area contributed by atoms with Gasteiger partial charge in [-0.15, -0.1) is 0 Å². The Morgan fingerprint density at radius 2 is 1.68 bits per heavy atom. The third-order valence-electron chi connectivity index (χ3n) is 3.17. The number of benzene rings is 1. The van der Waals surface area contributed by atoms with E-state index in [-0.39, 0.29) is 11.3 Å². The summed E-state index contributed by atoms with van der Waals surface area (Å²) in [5.41, 5.74) is -0.626. The van der Waals surface area contributed by atoms with Gasteiger partial charge in [-0.2, -0.15) is 17.9 Å². The number of aromatic nitrogens is 1. The molecule has 0 aliphatic rings. The Bertz CT molecular complexity index is 758. The third-order valence-corrected chi connectivity index (χ3v) is 3.17. The lowest BCUT2D eigenvalue weighted by atomic mass is 10.2. The van der Waals surface area contributed by atoms with Gasteiger partial charge in [0.25, 0.3) is 5.91 Å². The van der Waals surface area contributed by atoms with E-state index < -0.39 is 29.7 Å². The summed E-state index contributed by atoms with van der Waals surface area (Å²) < 4.78 is 42.9. The van der Waals surface area contributed by atoms with Crippen molar-refractivity contribution >= 4 is 17.6 Å². The number of pyridine rings is 1. The summed E-state index contributed by atoms with van der Waals surface area (Å²) in [4.78, 5) is 23.8. The van der Waals surface area contributed by atoms with Gasteiger partial charge in [-0.1, -0.05) is 0 Å². The number of hydrogen-bond acceptors (Lipinski definition) is 4. The van der Waals surface area contributed by atoms with E-state index in [1.54, 1.807) is 0 Å². The number of alkyl halides is 3. The van der Waals surface area contributed by atoms with Crippen LogP contribution >= 0.6 is 0 Å². The molecule has 0 saturated carbocycles. The Morgan fingerprint density at radius 1 is 1.12 bits per heavy atom. The van der Waals surface area contributed by atoms with Crippen LogP contribution in [0.1, 0.15) is 22.8 Å². The molecule has 132 valence electrons. The molecule has 2 aromatic rings. The maximum atomic E-state index is 12.5. The molecule has 0 aliphatic heterocycles. The molecule has 1 N–H and O–H groups in total. The summed E-state index contributed by atoms with van der Waals surface area (Å²) in [5, 5.41) is 13.2. The molecule has 1 amide bonds. The Kier molecular flexibility index (Phi) is 5.26. The summed E-state index contributed by atoms with van der Waals surface area (Å²) in [7, 11) is 0. The van der Waals surface area contributed by atoms with Crippen LogP contribution in [0.3, 0.4) is 0 Å². The van der Waals surface area contributed by atoms with E-state index >= 15 is 0 Å². The summed E-state index contributed by atoms with van der Waals surface area (Å²) >= 11 is 0. The monoisotopic (exact) mass is 354 g/mol. The average molecular weight is 354 g/mol. The Labute approximate surface area is 140 Å². The first-order valence-corrected chi connectivity index (χ1v) is 7.05. The summed E-state index contributed by atoms with van der Waals surface area (Å²) in [6.07, 6.45) is -3.45. The SMILES string of the molecule is C[C@H](OC(=O)c1cc[n+]([O-])cc1)C(=O)Nc1ccc(C(F)(F)F)cc1. The van der Waals surface area contributed by atoms with Crippen LogP contribution in [0.25, 0.3) is 0 Å². The van der Waals surface area contributed by atoms with Gasteiger partial charge in [-0.05, 0) is 31.2 Å². The quantitative estimate of drug-likeness (QED) is 0.520. The summed E-state index contributed by atoms with van der Waals surface area (Å²) in [5.74, 6) is -1.52. The normalized spacial score (nSPS) is 12.3. The molecule has 0 spiro atoms. The molecule has 1 aromatic heterocycles. The van der Waals surface area contributed by atoms with Crippen LogP contribution in [-0.2, 0) is 15.7 Å². The number of rotatable bonds is 4. The molecule has 1 aromatic carbocycles. The lowest BCUT2D eigenvalue weighted by molar-refractivity contribution is -0.605. The van der Waals surface area contributed by atoms with Gasteiger partial charge in [0, 0.05) is 17.8 Å². The minimum Gasteiger partial charge on any atom is -0.619 e. The number of anilines is 1. The zero-order valence-corrected chi connectivity index (χ0v) is 12.9. The molecule has 0 radical (unpaired) electrons. The second-order valence-electron chi connectivity index (χ2n) is 5.06. The van der Waals surface area contributed by atoms with Gasteiger partial charge >= 0.3 is 12.1 Å². The van der Waals surface area contributed by atoms with E-state index in [4.69, 9.17) is 4.74 Å². The topological polar surface area (TPSA) is 82.3 Å². The highest BCUT2D eigenvalue weighted by Crippen LogP contribution is 2.29. The molecule has 1 atom stereocenters. The number of nitrogens with zero attached hydrogens (tertiary/aromatic N) is 1. The van der Waals surface area contributed by atoms with Crippen molar-refractivity contribution in [1.29, 1.82) is 0 Å². The molecule has 9 heteroatoms. The summed E-state index contributed by atoms with van der Waals surface area (Å²) in [6.45, 7) is 1.31. The second-order valence-corrected chi connectivity index (χ2v) is 5.06.